The van der Waals surface area contributed by atoms with Crippen LogP contribution in [0.1, 0.15) is 38.1 Å². The number of hydrogen-bond acceptors (Lipinski definition) is 6. The van der Waals surface area contributed by atoms with E-state index in [2.05, 4.69) is 34.5 Å². The van der Waals surface area contributed by atoms with Crippen molar-refractivity contribution in [1.82, 2.24) is 19.6 Å². The number of piperazine rings is 1. The summed E-state index contributed by atoms with van der Waals surface area (Å²) in [6.45, 7) is 7.20. The molecule has 3 rings (SSSR count). The minimum absolute atomic E-state index is 0.0385. The zero-order valence-corrected chi connectivity index (χ0v) is 17.7. The number of carbonyl (C=O) groups excluding carboxylic acids is 1. The van der Waals surface area contributed by atoms with Gasteiger partial charge in [0.2, 0.25) is 5.13 Å². The number of ether oxygens (including phenoxy) is 1. The van der Waals surface area contributed by atoms with E-state index in [0.717, 1.165) is 54.7 Å². The maximum atomic E-state index is 12.3. The van der Waals surface area contributed by atoms with Gasteiger partial charge in [0.1, 0.15) is 11.6 Å². The van der Waals surface area contributed by atoms with E-state index in [1.54, 1.807) is 7.11 Å². The van der Waals surface area contributed by atoms with Gasteiger partial charge >= 0.3 is 6.03 Å². The number of hydrogen-bond donors (Lipinski definition) is 1. The summed E-state index contributed by atoms with van der Waals surface area (Å²) < 4.78 is 9.81. The van der Waals surface area contributed by atoms with Crippen LogP contribution in [-0.2, 0) is 6.42 Å². The SMILES string of the molecule is CCCCNC(=O)N1CCN(c2nc(Cc3cccc(OC)c3)ns2)CC1C. The van der Waals surface area contributed by atoms with Crippen molar-refractivity contribution in [2.45, 2.75) is 39.2 Å². The topological polar surface area (TPSA) is 70.6 Å². The van der Waals surface area contributed by atoms with Gasteiger partial charge in [-0.25, -0.2) is 9.78 Å². The number of nitrogens with zero attached hydrogens (tertiary/aromatic N) is 4. The molecule has 1 aromatic carbocycles. The lowest BCUT2D eigenvalue weighted by Gasteiger charge is -2.39. The smallest absolute Gasteiger partial charge is 0.317 e. The Bertz CT molecular complexity index is 781. The molecule has 152 valence electrons. The number of carbonyl (C=O) groups is 1. The van der Waals surface area contributed by atoms with Crippen LogP contribution < -0.4 is 15.0 Å². The van der Waals surface area contributed by atoms with Crippen molar-refractivity contribution in [1.29, 1.82) is 0 Å². The molecule has 7 nitrogen and oxygen atoms in total. The Hall–Kier alpha value is -2.35. The highest BCUT2D eigenvalue weighted by atomic mass is 32.1. The molecule has 0 bridgehead atoms. The monoisotopic (exact) mass is 403 g/mol. The minimum Gasteiger partial charge on any atom is -0.497 e. The molecule has 0 spiro atoms. The summed E-state index contributed by atoms with van der Waals surface area (Å²) in [6.07, 6.45) is 2.78. The molecule has 1 N–H and O–H groups in total. The first-order chi connectivity index (χ1) is 13.6. The Labute approximate surface area is 170 Å². The standard InChI is InChI=1S/C20H29N5O2S/c1-4-5-9-21-19(26)25-11-10-24(14-15(25)2)20-22-18(23-28-20)13-16-7-6-8-17(12-16)27-3/h6-8,12,15H,4-5,9-11,13-14H2,1-3H3,(H,21,26). The van der Waals surface area contributed by atoms with E-state index in [0.29, 0.717) is 13.0 Å². The summed E-state index contributed by atoms with van der Waals surface area (Å²) in [4.78, 5) is 21.2. The fourth-order valence-electron chi connectivity index (χ4n) is 3.32. The van der Waals surface area contributed by atoms with Gasteiger partial charge in [0.15, 0.2) is 0 Å². The van der Waals surface area contributed by atoms with Crippen molar-refractivity contribution in [3.8, 4) is 5.75 Å². The van der Waals surface area contributed by atoms with Crippen molar-refractivity contribution in [3.05, 3.63) is 35.7 Å². The molecular formula is C20H29N5O2S. The second-order valence-electron chi connectivity index (χ2n) is 7.10. The molecule has 1 aromatic heterocycles. The highest BCUT2D eigenvalue weighted by Crippen LogP contribution is 2.23. The molecule has 1 fully saturated rings. The van der Waals surface area contributed by atoms with Crippen LogP contribution in [0.2, 0.25) is 0 Å². The normalized spacial score (nSPS) is 16.9. The van der Waals surface area contributed by atoms with Crippen molar-refractivity contribution < 1.29 is 9.53 Å². The lowest BCUT2D eigenvalue weighted by molar-refractivity contribution is 0.171. The Morgan fingerprint density at radius 2 is 2.25 bits per heavy atom. The molecule has 0 saturated carbocycles. The average molecular weight is 404 g/mol. The summed E-state index contributed by atoms with van der Waals surface area (Å²) in [5.74, 6) is 1.66. The van der Waals surface area contributed by atoms with Gasteiger partial charge in [0, 0.05) is 50.2 Å². The molecule has 2 amide bonds. The molecule has 8 heteroatoms. The van der Waals surface area contributed by atoms with Gasteiger partial charge in [0.05, 0.1) is 7.11 Å². The van der Waals surface area contributed by atoms with Crippen molar-refractivity contribution in [3.63, 3.8) is 0 Å². The minimum atomic E-state index is 0.0385. The molecule has 1 unspecified atom stereocenters. The third-order valence-electron chi connectivity index (χ3n) is 4.92. The van der Waals surface area contributed by atoms with Gasteiger partial charge in [-0.1, -0.05) is 25.5 Å². The number of anilines is 1. The van der Waals surface area contributed by atoms with Crippen LogP contribution in [0.15, 0.2) is 24.3 Å². The summed E-state index contributed by atoms with van der Waals surface area (Å²) in [5, 5.41) is 3.94. The van der Waals surface area contributed by atoms with E-state index in [1.807, 2.05) is 23.1 Å². The van der Waals surface area contributed by atoms with Crippen LogP contribution in [0.25, 0.3) is 0 Å². The summed E-state index contributed by atoms with van der Waals surface area (Å²) in [7, 11) is 1.67. The number of aromatic nitrogens is 2. The first-order valence-electron chi connectivity index (χ1n) is 9.85. The summed E-state index contributed by atoms with van der Waals surface area (Å²) in [6, 6.07) is 8.16. The van der Waals surface area contributed by atoms with E-state index < -0.39 is 0 Å². The van der Waals surface area contributed by atoms with Crippen LogP contribution in [0.4, 0.5) is 9.93 Å². The van der Waals surface area contributed by atoms with E-state index >= 15 is 0 Å². The number of nitrogens with one attached hydrogen (secondary N) is 1. The van der Waals surface area contributed by atoms with Crippen LogP contribution in [-0.4, -0.2) is 59.6 Å². The third-order valence-corrected chi connectivity index (χ3v) is 5.73. The van der Waals surface area contributed by atoms with E-state index in [4.69, 9.17) is 9.72 Å². The number of unbranched alkanes of at least 4 members (excludes halogenated alkanes) is 1. The molecule has 1 aliphatic rings. The molecule has 1 atom stereocenters. The van der Waals surface area contributed by atoms with Gasteiger partial charge < -0.3 is 19.9 Å². The van der Waals surface area contributed by atoms with Crippen LogP contribution in [0.3, 0.4) is 0 Å². The predicted octanol–water partition coefficient (Wildman–Crippen LogP) is 3.16. The fourth-order valence-corrected chi connectivity index (χ4v) is 4.04. The van der Waals surface area contributed by atoms with Crippen molar-refractivity contribution >= 4 is 22.7 Å². The Morgan fingerprint density at radius 3 is 3.00 bits per heavy atom. The lowest BCUT2D eigenvalue weighted by Crippen LogP contribution is -2.56. The van der Waals surface area contributed by atoms with Gasteiger partial charge in [-0.05, 0) is 31.0 Å². The number of methoxy groups -OCH3 is 1. The highest BCUT2D eigenvalue weighted by molar-refractivity contribution is 7.09. The zero-order chi connectivity index (χ0) is 19.9. The second-order valence-corrected chi connectivity index (χ2v) is 7.83. The van der Waals surface area contributed by atoms with Crippen LogP contribution in [0, 0.1) is 0 Å². The van der Waals surface area contributed by atoms with E-state index in [1.165, 1.54) is 11.5 Å². The van der Waals surface area contributed by atoms with E-state index in [-0.39, 0.29) is 12.1 Å². The third kappa shape index (κ3) is 5.13. The summed E-state index contributed by atoms with van der Waals surface area (Å²) in [5.41, 5.74) is 1.13. The molecule has 1 saturated heterocycles. The lowest BCUT2D eigenvalue weighted by atomic mass is 10.1. The zero-order valence-electron chi connectivity index (χ0n) is 16.9. The predicted molar refractivity (Wildman–Crippen MR) is 112 cm³/mol. The first-order valence-corrected chi connectivity index (χ1v) is 10.6. The van der Waals surface area contributed by atoms with Crippen molar-refractivity contribution in [2.75, 3.05) is 38.2 Å². The average Bonchev–Trinajstić information content (AvgIpc) is 3.16. The van der Waals surface area contributed by atoms with Crippen LogP contribution in [0.5, 0.6) is 5.75 Å². The van der Waals surface area contributed by atoms with Gasteiger partial charge in [-0.2, -0.15) is 4.37 Å². The Morgan fingerprint density at radius 1 is 1.39 bits per heavy atom. The van der Waals surface area contributed by atoms with Crippen LogP contribution >= 0.6 is 11.5 Å². The number of benzene rings is 1. The Balaban J connectivity index is 1.56. The van der Waals surface area contributed by atoms with E-state index in [9.17, 15) is 4.79 Å². The number of urea groups is 1. The maximum absolute atomic E-state index is 12.3. The number of amides is 2. The maximum Gasteiger partial charge on any atom is 0.317 e. The Kier molecular flexibility index (Phi) is 7.08. The molecule has 1 aliphatic heterocycles. The summed E-state index contributed by atoms with van der Waals surface area (Å²) >= 11 is 1.43. The molecule has 2 aromatic rings. The van der Waals surface area contributed by atoms with Gasteiger partial charge in [-0.15, -0.1) is 0 Å². The molecule has 0 radical (unpaired) electrons. The number of rotatable bonds is 7. The molecule has 28 heavy (non-hydrogen) atoms. The highest BCUT2D eigenvalue weighted by Gasteiger charge is 2.28. The quantitative estimate of drug-likeness (QED) is 0.719. The molecule has 2 heterocycles. The van der Waals surface area contributed by atoms with Gasteiger partial charge in [0.25, 0.3) is 0 Å². The van der Waals surface area contributed by atoms with Gasteiger partial charge in [-0.3, -0.25) is 0 Å². The van der Waals surface area contributed by atoms with Crippen molar-refractivity contribution in [2.24, 2.45) is 0 Å². The first kappa shape index (κ1) is 20.4. The second kappa shape index (κ2) is 9.73. The largest absolute Gasteiger partial charge is 0.497 e. The molecular weight excluding hydrogens is 374 g/mol. The fraction of sp³-hybridized carbons (Fsp3) is 0.550. The molecule has 0 aliphatic carbocycles.